The first-order valence-electron chi connectivity index (χ1n) is 5.07. The zero-order chi connectivity index (χ0) is 11.8. The quantitative estimate of drug-likeness (QED) is 0.756. The monoisotopic (exact) mass is 216 g/mol. The number of rotatable bonds is 3. The summed E-state index contributed by atoms with van der Waals surface area (Å²) < 4.78 is 0. The van der Waals surface area contributed by atoms with E-state index in [4.69, 9.17) is 15.0 Å². The Bertz CT molecular complexity index is 215. The third-order valence-corrected chi connectivity index (χ3v) is 2.33. The molecule has 1 unspecified atom stereocenters. The Morgan fingerprint density at radius 3 is 2.27 bits per heavy atom. The molecule has 0 spiro atoms. The van der Waals surface area contributed by atoms with E-state index in [1.54, 1.807) is 0 Å². The average Bonchev–Trinajstić information content (AvgIpc) is 2.44. The van der Waals surface area contributed by atoms with E-state index in [0.717, 1.165) is 0 Å². The lowest BCUT2D eigenvalue weighted by Gasteiger charge is -2.26. The molecule has 0 aromatic carbocycles. The molecule has 1 aliphatic rings. The molecule has 0 aromatic heterocycles. The second-order valence-corrected chi connectivity index (χ2v) is 3.47. The molecule has 1 aliphatic heterocycles. The van der Waals surface area contributed by atoms with Crippen molar-refractivity contribution in [3.05, 3.63) is 12.4 Å². The summed E-state index contributed by atoms with van der Waals surface area (Å²) in [6.07, 6.45) is 5.62. The van der Waals surface area contributed by atoms with Gasteiger partial charge in [-0.1, -0.05) is 13.3 Å². The highest BCUT2D eigenvalue weighted by Crippen LogP contribution is 2.13. The Kier molecular flexibility index (Phi) is 6.33. The van der Waals surface area contributed by atoms with E-state index in [1.165, 1.54) is 19.4 Å². The van der Waals surface area contributed by atoms with Gasteiger partial charge in [-0.25, -0.2) is 4.79 Å². The van der Waals surface area contributed by atoms with Gasteiger partial charge in [-0.15, -0.1) is 0 Å². The first-order valence-corrected chi connectivity index (χ1v) is 5.07. The smallest absolute Gasteiger partial charge is 0.450 e. The van der Waals surface area contributed by atoms with Crippen LogP contribution in [0.4, 0.5) is 4.79 Å². The van der Waals surface area contributed by atoms with E-state index < -0.39 is 6.16 Å². The molecule has 1 atom stereocenters. The predicted molar refractivity (Wildman–Crippen MR) is 58.6 cm³/mol. The number of nitrogens with zero attached hydrogens (tertiary/aromatic N) is 2. The van der Waals surface area contributed by atoms with Crippen molar-refractivity contribution in [2.24, 2.45) is 0 Å². The van der Waals surface area contributed by atoms with Crippen LogP contribution in [-0.4, -0.2) is 45.9 Å². The van der Waals surface area contributed by atoms with Gasteiger partial charge < -0.3 is 20.0 Å². The van der Waals surface area contributed by atoms with Crippen LogP contribution in [0.5, 0.6) is 0 Å². The molecule has 0 bridgehead atoms. The van der Waals surface area contributed by atoms with Crippen LogP contribution in [0.3, 0.4) is 0 Å². The lowest BCUT2D eigenvalue weighted by atomic mass is 10.3. The Balaban J connectivity index is 0.000000423. The molecule has 2 N–H and O–H groups in total. The van der Waals surface area contributed by atoms with Crippen molar-refractivity contribution in [2.75, 3.05) is 13.6 Å². The summed E-state index contributed by atoms with van der Waals surface area (Å²) in [7, 11) is 2.12. The van der Waals surface area contributed by atoms with Crippen LogP contribution in [0.2, 0.25) is 0 Å². The van der Waals surface area contributed by atoms with Gasteiger partial charge in [0.15, 0.2) is 0 Å². The number of unbranched alkanes of at least 4 members (excludes halogenated alkanes) is 1. The molecule has 0 fully saturated rings. The molecule has 0 aliphatic carbocycles. The largest absolute Gasteiger partial charge is 0.503 e. The van der Waals surface area contributed by atoms with Gasteiger partial charge in [0.05, 0.1) is 6.17 Å². The highest BCUT2D eigenvalue weighted by molar-refractivity contribution is 5.53. The Hall–Kier alpha value is -1.39. The SMILES string of the molecule is CCCCN1C=CN(C)C1C.O=C(O)O. The minimum Gasteiger partial charge on any atom is -0.450 e. The van der Waals surface area contributed by atoms with Gasteiger partial charge in [0.25, 0.3) is 0 Å². The highest BCUT2D eigenvalue weighted by Gasteiger charge is 2.16. The van der Waals surface area contributed by atoms with Crippen molar-refractivity contribution in [3.8, 4) is 0 Å². The molecule has 0 aromatic rings. The lowest BCUT2D eigenvalue weighted by Crippen LogP contribution is -2.33. The van der Waals surface area contributed by atoms with Crippen molar-refractivity contribution in [1.29, 1.82) is 0 Å². The summed E-state index contributed by atoms with van der Waals surface area (Å²) in [5, 5.41) is 13.9. The molecule has 1 rings (SSSR count). The Morgan fingerprint density at radius 2 is 1.93 bits per heavy atom. The lowest BCUT2D eigenvalue weighted by molar-refractivity contribution is 0.137. The van der Waals surface area contributed by atoms with E-state index >= 15 is 0 Å². The first-order chi connectivity index (χ1) is 6.99. The van der Waals surface area contributed by atoms with Crippen LogP contribution in [0.25, 0.3) is 0 Å². The summed E-state index contributed by atoms with van der Waals surface area (Å²) in [6.45, 7) is 5.66. The number of hydrogen-bond donors (Lipinski definition) is 2. The Morgan fingerprint density at radius 1 is 1.40 bits per heavy atom. The van der Waals surface area contributed by atoms with E-state index in [-0.39, 0.29) is 0 Å². The molecule has 0 saturated carbocycles. The summed E-state index contributed by atoms with van der Waals surface area (Å²) in [5.74, 6) is 0. The molecule has 88 valence electrons. The summed E-state index contributed by atoms with van der Waals surface area (Å²) >= 11 is 0. The highest BCUT2D eigenvalue weighted by atomic mass is 16.6. The van der Waals surface area contributed by atoms with Crippen molar-refractivity contribution in [3.63, 3.8) is 0 Å². The molecule has 5 nitrogen and oxygen atoms in total. The molecule has 5 heteroatoms. The molecular weight excluding hydrogens is 196 g/mol. The summed E-state index contributed by atoms with van der Waals surface area (Å²) in [4.78, 5) is 13.2. The molecule has 0 saturated heterocycles. The van der Waals surface area contributed by atoms with Crippen LogP contribution >= 0.6 is 0 Å². The fourth-order valence-corrected chi connectivity index (χ4v) is 1.28. The molecule has 0 radical (unpaired) electrons. The van der Waals surface area contributed by atoms with Crippen molar-refractivity contribution in [1.82, 2.24) is 9.80 Å². The second kappa shape index (κ2) is 6.98. The molecule has 15 heavy (non-hydrogen) atoms. The molecular formula is C10H20N2O3. The van der Waals surface area contributed by atoms with Crippen LogP contribution in [0, 0.1) is 0 Å². The maximum atomic E-state index is 8.56. The van der Waals surface area contributed by atoms with Gasteiger partial charge in [-0.05, 0) is 13.3 Å². The fourth-order valence-electron chi connectivity index (χ4n) is 1.28. The Labute approximate surface area is 90.6 Å². The first kappa shape index (κ1) is 13.6. The minimum atomic E-state index is -1.83. The van der Waals surface area contributed by atoms with Gasteiger partial charge in [0.2, 0.25) is 0 Å². The van der Waals surface area contributed by atoms with Crippen LogP contribution in [0.1, 0.15) is 26.7 Å². The molecule has 1 heterocycles. The average molecular weight is 216 g/mol. The van der Waals surface area contributed by atoms with E-state index in [9.17, 15) is 0 Å². The third kappa shape index (κ3) is 5.83. The second-order valence-electron chi connectivity index (χ2n) is 3.47. The van der Waals surface area contributed by atoms with Crippen molar-refractivity contribution in [2.45, 2.75) is 32.9 Å². The van der Waals surface area contributed by atoms with E-state index in [1.807, 2.05) is 0 Å². The van der Waals surface area contributed by atoms with Gasteiger partial charge in [0, 0.05) is 26.0 Å². The van der Waals surface area contributed by atoms with Crippen LogP contribution in [-0.2, 0) is 0 Å². The zero-order valence-electron chi connectivity index (χ0n) is 9.55. The fraction of sp³-hybridized carbons (Fsp3) is 0.700. The van der Waals surface area contributed by atoms with E-state index in [0.29, 0.717) is 6.17 Å². The maximum absolute atomic E-state index is 8.56. The van der Waals surface area contributed by atoms with Gasteiger partial charge >= 0.3 is 6.16 Å². The summed E-state index contributed by atoms with van der Waals surface area (Å²) in [6, 6.07) is 0. The molecule has 0 amide bonds. The zero-order valence-corrected chi connectivity index (χ0v) is 9.55. The minimum absolute atomic E-state index is 0.557. The van der Waals surface area contributed by atoms with E-state index in [2.05, 4.69) is 43.1 Å². The topological polar surface area (TPSA) is 64.0 Å². The van der Waals surface area contributed by atoms with Crippen LogP contribution < -0.4 is 0 Å². The summed E-state index contributed by atoms with van der Waals surface area (Å²) in [5.41, 5.74) is 0. The maximum Gasteiger partial charge on any atom is 0.503 e. The van der Waals surface area contributed by atoms with Gasteiger partial charge in [-0.3, -0.25) is 0 Å². The van der Waals surface area contributed by atoms with Gasteiger partial charge in [-0.2, -0.15) is 0 Å². The predicted octanol–water partition coefficient (Wildman–Crippen LogP) is 2.07. The standard InChI is InChI=1S/C9H18N2.CH2O3/c1-4-5-6-11-8-7-10(3)9(11)2;2-1(3)4/h7-9H,4-6H2,1-3H3;(H2,2,3,4). The van der Waals surface area contributed by atoms with Crippen LogP contribution in [0.15, 0.2) is 12.4 Å². The van der Waals surface area contributed by atoms with Crippen molar-refractivity contribution >= 4 is 6.16 Å². The van der Waals surface area contributed by atoms with Crippen molar-refractivity contribution < 1.29 is 15.0 Å². The normalized spacial score (nSPS) is 18.7. The number of carbonyl (C=O) groups is 1. The number of carboxylic acid groups (broad SMARTS) is 2. The third-order valence-electron chi connectivity index (χ3n) is 2.33. The number of hydrogen-bond acceptors (Lipinski definition) is 3. The van der Waals surface area contributed by atoms with Gasteiger partial charge in [0.1, 0.15) is 0 Å².